The highest BCUT2D eigenvalue weighted by Gasteiger charge is 2.24. The average Bonchev–Trinajstić information content (AvgIpc) is 2.78. The Morgan fingerprint density at radius 3 is 2.79 bits per heavy atom. The maximum atomic E-state index is 11.9. The Kier molecular flexibility index (Phi) is 4.16. The van der Waals surface area contributed by atoms with E-state index in [1.807, 2.05) is 0 Å². The lowest BCUT2D eigenvalue weighted by atomic mass is 10.0. The fraction of sp³-hybridized carbons (Fsp3) is 0.583. The predicted molar refractivity (Wildman–Crippen MR) is 67.7 cm³/mol. The van der Waals surface area contributed by atoms with Gasteiger partial charge in [0.15, 0.2) is 5.76 Å². The van der Waals surface area contributed by atoms with Crippen LogP contribution >= 0.6 is 0 Å². The summed E-state index contributed by atoms with van der Waals surface area (Å²) in [6.07, 6.45) is 4.92. The fourth-order valence-corrected chi connectivity index (χ4v) is 2.30. The first-order valence-corrected chi connectivity index (χ1v) is 6.38. The quantitative estimate of drug-likeness (QED) is 0.490. The molecule has 1 aromatic heterocycles. The molecular weight excluding hydrogens is 250 g/mol. The Morgan fingerprint density at radius 2 is 2.11 bits per heavy atom. The number of carbonyl (C=O) groups is 1. The molecule has 1 aliphatic carbocycles. The topological polar surface area (TPSA) is 111 Å². The highest BCUT2D eigenvalue weighted by atomic mass is 16.6. The molecule has 2 atom stereocenters. The lowest BCUT2D eigenvalue weighted by Gasteiger charge is -2.21. The monoisotopic (exact) mass is 267 g/mol. The van der Waals surface area contributed by atoms with Gasteiger partial charge in [-0.15, -0.1) is 0 Å². The van der Waals surface area contributed by atoms with E-state index < -0.39 is 16.7 Å². The smallest absolute Gasteiger partial charge is 0.395 e. The van der Waals surface area contributed by atoms with E-state index in [0.29, 0.717) is 0 Å². The summed E-state index contributed by atoms with van der Waals surface area (Å²) < 4.78 is 4.86. The Bertz CT molecular complexity index is 471. The maximum absolute atomic E-state index is 11.9. The predicted octanol–water partition coefficient (Wildman–Crippen LogP) is 1.58. The van der Waals surface area contributed by atoms with E-state index in [9.17, 15) is 14.9 Å². The van der Waals surface area contributed by atoms with Crippen molar-refractivity contribution in [3.63, 3.8) is 0 Å². The van der Waals surface area contributed by atoms with Crippen LogP contribution in [0.3, 0.4) is 0 Å². The third kappa shape index (κ3) is 3.31. The Balaban J connectivity index is 2.00. The number of amides is 1. The molecule has 1 aromatic rings. The molecular formula is C12H17N3O4. The second-order valence-corrected chi connectivity index (χ2v) is 4.78. The summed E-state index contributed by atoms with van der Waals surface area (Å²) in [5.41, 5.74) is 6.01. The summed E-state index contributed by atoms with van der Waals surface area (Å²) in [5, 5.41) is 13.3. The van der Waals surface area contributed by atoms with Crippen LogP contribution in [0.25, 0.3) is 0 Å². The molecule has 0 spiro atoms. The van der Waals surface area contributed by atoms with Crippen LogP contribution in [0.1, 0.15) is 42.7 Å². The molecule has 1 amide bonds. The molecule has 1 saturated carbocycles. The molecule has 1 aliphatic rings. The molecule has 0 aromatic carbocycles. The normalized spacial score (nSPS) is 23.6. The Hall–Kier alpha value is -1.89. The zero-order valence-electron chi connectivity index (χ0n) is 10.5. The number of nitrogens with zero attached hydrogens (tertiary/aromatic N) is 1. The van der Waals surface area contributed by atoms with E-state index in [0.717, 1.165) is 32.1 Å². The molecule has 1 fully saturated rings. The SMILES string of the molecule is NC1CCCCCC1NC(=O)c1ccc([N+](=O)[O-])o1. The van der Waals surface area contributed by atoms with Gasteiger partial charge >= 0.3 is 5.88 Å². The lowest BCUT2D eigenvalue weighted by Crippen LogP contribution is -2.46. The maximum Gasteiger partial charge on any atom is 0.433 e. The summed E-state index contributed by atoms with van der Waals surface area (Å²) in [5.74, 6) is -0.936. The van der Waals surface area contributed by atoms with Gasteiger partial charge in [0.1, 0.15) is 4.92 Å². The first-order valence-electron chi connectivity index (χ1n) is 6.38. The van der Waals surface area contributed by atoms with E-state index in [1.54, 1.807) is 0 Å². The number of carbonyl (C=O) groups excluding carboxylic acids is 1. The minimum atomic E-state index is -0.672. The molecule has 0 aliphatic heterocycles. The number of nitrogens with one attached hydrogen (secondary N) is 1. The van der Waals surface area contributed by atoms with E-state index in [-0.39, 0.29) is 17.8 Å². The third-order valence-corrected chi connectivity index (χ3v) is 3.38. The molecule has 104 valence electrons. The summed E-state index contributed by atoms with van der Waals surface area (Å²) >= 11 is 0. The van der Waals surface area contributed by atoms with Gasteiger partial charge in [-0.05, 0) is 18.9 Å². The molecule has 1 heterocycles. The molecule has 0 bridgehead atoms. The van der Waals surface area contributed by atoms with Gasteiger partial charge in [-0.25, -0.2) is 0 Å². The number of nitro groups is 1. The second-order valence-electron chi connectivity index (χ2n) is 4.78. The number of hydrogen-bond acceptors (Lipinski definition) is 5. The van der Waals surface area contributed by atoms with Crippen molar-refractivity contribution >= 4 is 11.8 Å². The van der Waals surface area contributed by atoms with Crippen LogP contribution in [0, 0.1) is 10.1 Å². The Labute approximate surface area is 110 Å². The summed E-state index contributed by atoms with van der Waals surface area (Å²) in [7, 11) is 0. The van der Waals surface area contributed by atoms with Crippen LogP contribution < -0.4 is 11.1 Å². The Morgan fingerprint density at radius 1 is 1.37 bits per heavy atom. The van der Waals surface area contributed by atoms with Gasteiger partial charge in [-0.1, -0.05) is 19.3 Å². The number of furan rings is 1. The van der Waals surface area contributed by atoms with Gasteiger partial charge in [-0.2, -0.15) is 0 Å². The largest absolute Gasteiger partial charge is 0.433 e. The summed E-state index contributed by atoms with van der Waals surface area (Å²) in [6, 6.07) is 2.30. The van der Waals surface area contributed by atoms with Gasteiger partial charge in [0.2, 0.25) is 0 Å². The molecule has 7 nitrogen and oxygen atoms in total. The molecule has 0 saturated heterocycles. The molecule has 2 rings (SSSR count). The van der Waals surface area contributed by atoms with E-state index in [1.165, 1.54) is 12.1 Å². The third-order valence-electron chi connectivity index (χ3n) is 3.38. The van der Waals surface area contributed by atoms with Crippen LogP contribution in [-0.4, -0.2) is 22.9 Å². The van der Waals surface area contributed by atoms with Crippen LogP contribution in [0.4, 0.5) is 5.88 Å². The molecule has 19 heavy (non-hydrogen) atoms. The molecule has 2 unspecified atom stereocenters. The molecule has 0 radical (unpaired) electrons. The second kappa shape index (κ2) is 5.83. The summed E-state index contributed by atoms with van der Waals surface area (Å²) in [4.78, 5) is 21.7. The van der Waals surface area contributed by atoms with Gasteiger partial charge in [0.25, 0.3) is 5.91 Å². The highest BCUT2D eigenvalue weighted by Crippen LogP contribution is 2.19. The van der Waals surface area contributed by atoms with Gasteiger partial charge < -0.3 is 15.5 Å². The van der Waals surface area contributed by atoms with Crippen LogP contribution in [0.5, 0.6) is 0 Å². The lowest BCUT2D eigenvalue weighted by molar-refractivity contribution is -0.402. The van der Waals surface area contributed by atoms with Crippen molar-refractivity contribution < 1.29 is 14.1 Å². The molecule has 3 N–H and O–H groups in total. The van der Waals surface area contributed by atoms with Crippen molar-refractivity contribution in [3.8, 4) is 0 Å². The minimum absolute atomic E-state index is 0.0526. The van der Waals surface area contributed by atoms with E-state index >= 15 is 0 Å². The number of rotatable bonds is 3. The fourth-order valence-electron chi connectivity index (χ4n) is 2.30. The van der Waals surface area contributed by atoms with E-state index in [2.05, 4.69) is 5.32 Å². The van der Waals surface area contributed by atoms with Crippen LogP contribution in [0.2, 0.25) is 0 Å². The zero-order chi connectivity index (χ0) is 13.8. The van der Waals surface area contributed by atoms with Crippen molar-refractivity contribution in [1.82, 2.24) is 5.32 Å². The minimum Gasteiger partial charge on any atom is -0.395 e. The number of nitrogens with two attached hydrogens (primary N) is 1. The standard InChI is InChI=1S/C12H17N3O4/c13-8-4-2-1-3-5-9(8)14-12(16)10-6-7-11(19-10)15(17)18/h6-9H,1-5,13H2,(H,14,16). The summed E-state index contributed by atoms with van der Waals surface area (Å²) in [6.45, 7) is 0. The van der Waals surface area contributed by atoms with Crippen molar-refractivity contribution in [3.05, 3.63) is 28.0 Å². The first kappa shape index (κ1) is 13.5. The average molecular weight is 267 g/mol. The van der Waals surface area contributed by atoms with Crippen LogP contribution in [0.15, 0.2) is 16.5 Å². The highest BCUT2D eigenvalue weighted by molar-refractivity contribution is 5.91. The zero-order valence-corrected chi connectivity index (χ0v) is 10.5. The van der Waals surface area contributed by atoms with Gasteiger partial charge in [0.05, 0.1) is 6.07 Å². The van der Waals surface area contributed by atoms with E-state index in [4.69, 9.17) is 10.2 Å². The van der Waals surface area contributed by atoms with Gasteiger partial charge in [-0.3, -0.25) is 14.9 Å². The van der Waals surface area contributed by atoms with Crippen molar-refractivity contribution in [2.45, 2.75) is 44.2 Å². The molecule has 7 heteroatoms. The van der Waals surface area contributed by atoms with Crippen LogP contribution in [-0.2, 0) is 0 Å². The van der Waals surface area contributed by atoms with Crippen molar-refractivity contribution in [2.75, 3.05) is 0 Å². The number of hydrogen-bond donors (Lipinski definition) is 2. The first-order chi connectivity index (χ1) is 9.08. The van der Waals surface area contributed by atoms with Crippen molar-refractivity contribution in [1.29, 1.82) is 0 Å². The van der Waals surface area contributed by atoms with Crippen molar-refractivity contribution in [2.24, 2.45) is 5.73 Å². The van der Waals surface area contributed by atoms with Gasteiger partial charge in [0, 0.05) is 12.1 Å².